The molecule has 2 rings (SSSR count). The van der Waals surface area contributed by atoms with E-state index in [2.05, 4.69) is 14.9 Å². The summed E-state index contributed by atoms with van der Waals surface area (Å²) in [6, 6.07) is 0. The fraction of sp³-hybridized carbons (Fsp3) is 0.500. The van der Waals surface area contributed by atoms with Crippen LogP contribution in [0.5, 0.6) is 5.88 Å². The largest absolute Gasteiger partial charge is 0.470 e. The lowest BCUT2D eigenvalue weighted by atomic mass is 10.2. The smallest absolute Gasteiger partial charge is 0.234 e. The van der Waals surface area contributed by atoms with Gasteiger partial charge in [0, 0.05) is 13.1 Å². The van der Waals surface area contributed by atoms with Crippen molar-refractivity contribution in [2.45, 2.75) is 6.10 Å². The van der Waals surface area contributed by atoms with Crippen LogP contribution in [-0.2, 0) is 0 Å². The van der Waals surface area contributed by atoms with Crippen LogP contribution in [0.2, 0.25) is 5.15 Å². The molecule has 0 aliphatic carbocycles. The quantitative estimate of drug-likeness (QED) is 0.707. The lowest BCUT2D eigenvalue weighted by Crippen LogP contribution is -2.51. The van der Waals surface area contributed by atoms with Gasteiger partial charge in [-0.15, -0.1) is 0 Å². The Balaban J connectivity index is 1.94. The van der Waals surface area contributed by atoms with E-state index in [1.54, 1.807) is 6.20 Å². The van der Waals surface area contributed by atoms with Gasteiger partial charge in [-0.3, -0.25) is 9.88 Å². The van der Waals surface area contributed by atoms with Gasteiger partial charge in [-0.1, -0.05) is 11.6 Å². The SMILES string of the molecule is CN1CC(Oc2cncc(Cl)n2)C1. The Bertz CT molecular complexity index is 301. The molecule has 1 aromatic rings. The molecule has 13 heavy (non-hydrogen) atoms. The second kappa shape index (κ2) is 3.47. The molecule has 1 aliphatic rings. The molecule has 0 radical (unpaired) electrons. The van der Waals surface area contributed by atoms with Crippen LogP contribution in [0.25, 0.3) is 0 Å². The Hall–Kier alpha value is -0.870. The van der Waals surface area contributed by atoms with Crippen LogP contribution >= 0.6 is 11.6 Å². The van der Waals surface area contributed by atoms with E-state index < -0.39 is 0 Å². The van der Waals surface area contributed by atoms with E-state index in [1.165, 1.54) is 6.20 Å². The van der Waals surface area contributed by atoms with Gasteiger partial charge in [0.15, 0.2) is 5.15 Å². The van der Waals surface area contributed by atoms with Gasteiger partial charge in [0.2, 0.25) is 5.88 Å². The van der Waals surface area contributed by atoms with Crippen molar-refractivity contribution >= 4 is 11.6 Å². The van der Waals surface area contributed by atoms with Gasteiger partial charge in [0.25, 0.3) is 0 Å². The molecule has 1 aromatic heterocycles. The van der Waals surface area contributed by atoms with Crippen molar-refractivity contribution in [1.29, 1.82) is 0 Å². The van der Waals surface area contributed by atoms with Gasteiger partial charge in [-0.2, -0.15) is 4.98 Å². The summed E-state index contributed by atoms with van der Waals surface area (Å²) in [6.07, 6.45) is 3.30. The minimum absolute atomic E-state index is 0.234. The predicted octanol–water partition coefficient (Wildman–Crippen LogP) is 0.823. The molecule has 0 aromatic carbocycles. The third kappa shape index (κ3) is 2.08. The number of hydrogen-bond acceptors (Lipinski definition) is 4. The van der Waals surface area contributed by atoms with Crippen LogP contribution in [-0.4, -0.2) is 41.1 Å². The molecule has 0 unspecified atom stereocenters. The number of ether oxygens (including phenoxy) is 1. The summed E-state index contributed by atoms with van der Waals surface area (Å²) in [5.74, 6) is 0.505. The van der Waals surface area contributed by atoms with Gasteiger partial charge in [0.1, 0.15) is 6.10 Å². The molecule has 0 saturated carbocycles. The van der Waals surface area contributed by atoms with Crippen LogP contribution in [0, 0.1) is 0 Å². The molecule has 1 saturated heterocycles. The molecule has 0 spiro atoms. The number of likely N-dealkylation sites (tertiary alicyclic amines) is 1. The molecule has 4 nitrogen and oxygen atoms in total. The fourth-order valence-electron chi connectivity index (χ4n) is 1.27. The van der Waals surface area contributed by atoms with Crippen molar-refractivity contribution in [2.75, 3.05) is 20.1 Å². The first-order chi connectivity index (χ1) is 6.24. The first-order valence-electron chi connectivity index (χ1n) is 4.07. The van der Waals surface area contributed by atoms with Crippen molar-refractivity contribution in [1.82, 2.24) is 14.9 Å². The second-order valence-corrected chi connectivity index (χ2v) is 3.53. The van der Waals surface area contributed by atoms with E-state index >= 15 is 0 Å². The monoisotopic (exact) mass is 199 g/mol. The molecule has 70 valence electrons. The normalized spacial score (nSPS) is 18.3. The number of likely N-dealkylation sites (N-methyl/N-ethyl adjacent to an activating group) is 1. The number of aromatic nitrogens is 2. The highest BCUT2D eigenvalue weighted by Gasteiger charge is 2.25. The lowest BCUT2D eigenvalue weighted by molar-refractivity contribution is 0.0353. The van der Waals surface area contributed by atoms with Crippen molar-refractivity contribution in [3.05, 3.63) is 17.5 Å². The zero-order valence-corrected chi connectivity index (χ0v) is 8.03. The third-order valence-corrected chi connectivity index (χ3v) is 2.08. The Morgan fingerprint density at radius 3 is 2.92 bits per heavy atom. The minimum atomic E-state index is 0.234. The predicted molar refractivity (Wildman–Crippen MR) is 49.0 cm³/mol. The second-order valence-electron chi connectivity index (χ2n) is 3.14. The molecule has 1 aliphatic heterocycles. The molecule has 5 heteroatoms. The maximum atomic E-state index is 5.65. The topological polar surface area (TPSA) is 38.2 Å². The fourth-order valence-corrected chi connectivity index (χ4v) is 1.41. The van der Waals surface area contributed by atoms with E-state index in [4.69, 9.17) is 16.3 Å². The highest BCUT2D eigenvalue weighted by molar-refractivity contribution is 6.29. The van der Waals surface area contributed by atoms with Crippen molar-refractivity contribution < 1.29 is 4.74 Å². The van der Waals surface area contributed by atoms with Gasteiger partial charge in [-0.25, -0.2) is 0 Å². The summed E-state index contributed by atoms with van der Waals surface area (Å²) in [4.78, 5) is 10.0. The highest BCUT2D eigenvalue weighted by Crippen LogP contribution is 2.15. The van der Waals surface area contributed by atoms with Crippen molar-refractivity contribution in [2.24, 2.45) is 0 Å². The summed E-state index contributed by atoms with van der Waals surface area (Å²) >= 11 is 5.65. The molecule has 0 amide bonds. The van der Waals surface area contributed by atoms with Gasteiger partial charge < -0.3 is 4.74 Å². The van der Waals surface area contributed by atoms with Crippen LogP contribution in [0.15, 0.2) is 12.4 Å². The highest BCUT2D eigenvalue weighted by atomic mass is 35.5. The van der Waals surface area contributed by atoms with Crippen LogP contribution in [0.4, 0.5) is 0 Å². The number of halogens is 1. The zero-order chi connectivity index (χ0) is 9.26. The van der Waals surface area contributed by atoms with Gasteiger partial charge in [-0.05, 0) is 7.05 Å². The maximum Gasteiger partial charge on any atom is 0.234 e. The van der Waals surface area contributed by atoms with Crippen molar-refractivity contribution in [3.63, 3.8) is 0 Å². The number of rotatable bonds is 2. The Labute approximate surface area is 81.5 Å². The number of nitrogens with zero attached hydrogens (tertiary/aromatic N) is 3. The van der Waals surface area contributed by atoms with E-state index in [0.29, 0.717) is 11.0 Å². The molecule has 0 atom stereocenters. The number of hydrogen-bond donors (Lipinski definition) is 0. The van der Waals surface area contributed by atoms with E-state index in [9.17, 15) is 0 Å². The van der Waals surface area contributed by atoms with Crippen LogP contribution in [0.3, 0.4) is 0 Å². The first-order valence-corrected chi connectivity index (χ1v) is 4.44. The summed E-state index contributed by atoms with van der Waals surface area (Å²) in [5, 5.41) is 0.366. The van der Waals surface area contributed by atoms with Gasteiger partial charge >= 0.3 is 0 Å². The Morgan fingerprint density at radius 2 is 2.31 bits per heavy atom. The average molecular weight is 200 g/mol. The van der Waals surface area contributed by atoms with E-state index in [-0.39, 0.29) is 6.10 Å². The van der Waals surface area contributed by atoms with E-state index in [1.807, 2.05) is 7.05 Å². The lowest BCUT2D eigenvalue weighted by Gasteiger charge is -2.35. The maximum absolute atomic E-state index is 5.65. The standard InChI is InChI=1S/C8H10ClN3O/c1-12-4-6(5-12)13-8-3-10-2-7(9)11-8/h2-3,6H,4-5H2,1H3. The molecular weight excluding hydrogens is 190 g/mol. The van der Waals surface area contributed by atoms with Gasteiger partial charge in [0.05, 0.1) is 12.4 Å². The first kappa shape index (κ1) is 8.72. The minimum Gasteiger partial charge on any atom is -0.470 e. The Kier molecular flexibility index (Phi) is 2.33. The summed E-state index contributed by atoms with van der Waals surface area (Å²) < 4.78 is 5.50. The summed E-state index contributed by atoms with van der Waals surface area (Å²) in [7, 11) is 2.05. The molecule has 0 bridgehead atoms. The molecule has 2 heterocycles. The molecule has 1 fully saturated rings. The average Bonchev–Trinajstić information content (AvgIpc) is 2.01. The summed E-state index contributed by atoms with van der Waals surface area (Å²) in [5.41, 5.74) is 0. The molecule has 0 N–H and O–H groups in total. The van der Waals surface area contributed by atoms with E-state index in [0.717, 1.165) is 13.1 Å². The third-order valence-electron chi connectivity index (χ3n) is 1.90. The zero-order valence-electron chi connectivity index (χ0n) is 7.27. The molecular formula is C8H10ClN3O. The Morgan fingerprint density at radius 1 is 1.54 bits per heavy atom. The van der Waals surface area contributed by atoms with Crippen LogP contribution in [0.1, 0.15) is 0 Å². The van der Waals surface area contributed by atoms with Crippen LogP contribution < -0.4 is 4.74 Å². The summed E-state index contributed by atoms with van der Waals surface area (Å²) in [6.45, 7) is 1.88. The van der Waals surface area contributed by atoms with Crippen molar-refractivity contribution in [3.8, 4) is 5.88 Å².